The number of aliphatic imine (C=N–C) groups is 1. The summed E-state index contributed by atoms with van der Waals surface area (Å²) in [5.74, 6) is 1.10. The van der Waals surface area contributed by atoms with Gasteiger partial charge in [-0.1, -0.05) is 13.8 Å². The van der Waals surface area contributed by atoms with Gasteiger partial charge in [-0.05, 0) is 12.0 Å². The summed E-state index contributed by atoms with van der Waals surface area (Å²) in [6, 6.07) is 2.83. The molecular weight excluding hydrogens is 222 g/mol. The van der Waals surface area contributed by atoms with E-state index in [2.05, 4.69) is 15.3 Å². The van der Waals surface area contributed by atoms with E-state index in [1.165, 1.54) is 12.1 Å². The van der Waals surface area contributed by atoms with E-state index < -0.39 is 4.92 Å². The monoisotopic (exact) mass is 237 g/mol. The number of hydrogen-bond acceptors (Lipinski definition) is 4. The quantitative estimate of drug-likeness (QED) is 0.356. The zero-order chi connectivity index (χ0) is 12.8. The molecule has 7 heteroatoms. The Bertz CT molecular complexity index is 413. The SMILES string of the molecule is CC(C)CN=C(N)Nc1ccc([N+](=O)[O-])cn1. The molecule has 1 rings (SSSR count). The smallest absolute Gasteiger partial charge is 0.287 e. The van der Waals surface area contributed by atoms with Crippen molar-refractivity contribution < 1.29 is 4.92 Å². The Morgan fingerprint density at radius 3 is 2.82 bits per heavy atom. The molecule has 0 amide bonds. The van der Waals surface area contributed by atoms with Crippen LogP contribution < -0.4 is 11.1 Å². The predicted molar refractivity (Wildman–Crippen MR) is 65.8 cm³/mol. The van der Waals surface area contributed by atoms with E-state index in [9.17, 15) is 10.1 Å². The molecule has 0 aromatic carbocycles. The molecule has 1 heterocycles. The second kappa shape index (κ2) is 5.78. The van der Waals surface area contributed by atoms with Crippen molar-refractivity contribution in [2.75, 3.05) is 11.9 Å². The number of guanidine groups is 1. The van der Waals surface area contributed by atoms with Crippen molar-refractivity contribution in [3.05, 3.63) is 28.4 Å². The highest BCUT2D eigenvalue weighted by Crippen LogP contribution is 2.11. The summed E-state index contributed by atoms with van der Waals surface area (Å²) in [5.41, 5.74) is 5.56. The molecule has 0 bridgehead atoms. The molecule has 1 aromatic rings. The van der Waals surface area contributed by atoms with E-state index in [0.29, 0.717) is 18.3 Å². The molecule has 0 unspecified atom stereocenters. The molecule has 0 fully saturated rings. The van der Waals surface area contributed by atoms with Gasteiger partial charge in [0.2, 0.25) is 0 Å². The Labute approximate surface area is 98.9 Å². The molecule has 1 aromatic heterocycles. The number of nitrogens with one attached hydrogen (secondary N) is 1. The van der Waals surface area contributed by atoms with Crippen molar-refractivity contribution in [1.29, 1.82) is 0 Å². The summed E-state index contributed by atoms with van der Waals surface area (Å²) in [6.45, 7) is 4.67. The summed E-state index contributed by atoms with van der Waals surface area (Å²) >= 11 is 0. The molecule has 0 aliphatic carbocycles. The number of aromatic nitrogens is 1. The highest BCUT2D eigenvalue weighted by atomic mass is 16.6. The standard InChI is InChI=1S/C10H15N5O2/c1-7(2)5-13-10(11)14-9-4-3-8(6-12-9)15(16)17/h3-4,6-7H,5H2,1-2H3,(H3,11,12,13,14). The minimum Gasteiger partial charge on any atom is -0.370 e. The fraction of sp³-hybridized carbons (Fsp3) is 0.400. The maximum atomic E-state index is 10.4. The molecular formula is C10H15N5O2. The van der Waals surface area contributed by atoms with Gasteiger partial charge in [0.25, 0.3) is 5.69 Å². The fourth-order valence-electron chi connectivity index (χ4n) is 1.02. The van der Waals surface area contributed by atoms with Crippen LogP contribution in [0.3, 0.4) is 0 Å². The number of pyridine rings is 1. The van der Waals surface area contributed by atoms with E-state index in [1.807, 2.05) is 13.8 Å². The van der Waals surface area contributed by atoms with Gasteiger partial charge in [-0.2, -0.15) is 0 Å². The normalized spacial score (nSPS) is 11.6. The van der Waals surface area contributed by atoms with Gasteiger partial charge in [0, 0.05) is 12.6 Å². The van der Waals surface area contributed by atoms with Gasteiger partial charge < -0.3 is 11.1 Å². The van der Waals surface area contributed by atoms with E-state index in [4.69, 9.17) is 5.73 Å². The maximum absolute atomic E-state index is 10.4. The molecule has 0 aliphatic rings. The number of anilines is 1. The van der Waals surface area contributed by atoms with Gasteiger partial charge in [0.15, 0.2) is 5.96 Å². The Balaban J connectivity index is 2.63. The van der Waals surface area contributed by atoms with Crippen molar-refractivity contribution >= 4 is 17.5 Å². The highest BCUT2D eigenvalue weighted by molar-refractivity contribution is 5.91. The van der Waals surface area contributed by atoms with E-state index in [0.717, 1.165) is 6.20 Å². The predicted octanol–water partition coefficient (Wildman–Crippen LogP) is 1.37. The second-order valence-corrected chi connectivity index (χ2v) is 3.90. The maximum Gasteiger partial charge on any atom is 0.287 e. The van der Waals surface area contributed by atoms with Crippen LogP contribution in [0.5, 0.6) is 0 Å². The number of nitrogens with zero attached hydrogens (tertiary/aromatic N) is 3. The summed E-state index contributed by atoms with van der Waals surface area (Å²) in [7, 11) is 0. The van der Waals surface area contributed by atoms with Gasteiger partial charge >= 0.3 is 0 Å². The Kier molecular flexibility index (Phi) is 4.38. The van der Waals surface area contributed by atoms with E-state index in [1.54, 1.807) is 0 Å². The van der Waals surface area contributed by atoms with E-state index in [-0.39, 0.29) is 11.6 Å². The van der Waals surface area contributed by atoms with Crippen molar-refractivity contribution in [2.45, 2.75) is 13.8 Å². The van der Waals surface area contributed by atoms with Crippen LogP contribution in [0.1, 0.15) is 13.8 Å². The van der Waals surface area contributed by atoms with E-state index >= 15 is 0 Å². The average Bonchev–Trinajstić information content (AvgIpc) is 2.27. The van der Waals surface area contributed by atoms with Gasteiger partial charge in [-0.25, -0.2) is 4.98 Å². The lowest BCUT2D eigenvalue weighted by molar-refractivity contribution is -0.385. The largest absolute Gasteiger partial charge is 0.370 e. The van der Waals surface area contributed by atoms with Crippen molar-refractivity contribution in [1.82, 2.24) is 4.98 Å². The lowest BCUT2D eigenvalue weighted by Crippen LogP contribution is -2.23. The molecule has 0 radical (unpaired) electrons. The zero-order valence-electron chi connectivity index (χ0n) is 9.75. The van der Waals surface area contributed by atoms with Crippen LogP contribution in [0.2, 0.25) is 0 Å². The molecule has 92 valence electrons. The van der Waals surface area contributed by atoms with Gasteiger partial charge in [0.05, 0.1) is 4.92 Å². The van der Waals surface area contributed by atoms with Crippen molar-refractivity contribution in [3.63, 3.8) is 0 Å². The van der Waals surface area contributed by atoms with Crippen LogP contribution in [0.4, 0.5) is 11.5 Å². The minimum atomic E-state index is -0.507. The number of nitrogens with two attached hydrogens (primary N) is 1. The molecule has 7 nitrogen and oxygen atoms in total. The summed E-state index contributed by atoms with van der Waals surface area (Å²) in [5, 5.41) is 13.2. The van der Waals surface area contributed by atoms with Crippen LogP contribution in [0.15, 0.2) is 23.3 Å². The third-order valence-corrected chi connectivity index (χ3v) is 1.84. The first-order valence-corrected chi connectivity index (χ1v) is 5.16. The highest BCUT2D eigenvalue weighted by Gasteiger charge is 2.05. The minimum absolute atomic E-state index is 0.0618. The van der Waals surface area contributed by atoms with Crippen LogP contribution >= 0.6 is 0 Å². The van der Waals surface area contributed by atoms with Gasteiger partial charge in [0.1, 0.15) is 12.0 Å². The molecule has 0 aliphatic heterocycles. The third kappa shape index (κ3) is 4.45. The molecule has 17 heavy (non-hydrogen) atoms. The Hall–Kier alpha value is -2.18. The number of hydrogen-bond donors (Lipinski definition) is 2. The van der Waals surface area contributed by atoms with Crippen LogP contribution in [0, 0.1) is 16.0 Å². The van der Waals surface area contributed by atoms with Crippen LogP contribution in [-0.2, 0) is 0 Å². The average molecular weight is 237 g/mol. The Morgan fingerprint density at radius 1 is 1.65 bits per heavy atom. The zero-order valence-corrected chi connectivity index (χ0v) is 9.75. The number of rotatable bonds is 4. The first-order chi connectivity index (χ1) is 7.99. The molecule has 0 saturated heterocycles. The van der Waals surface area contributed by atoms with Crippen LogP contribution in [-0.4, -0.2) is 22.4 Å². The summed E-state index contributed by atoms with van der Waals surface area (Å²) < 4.78 is 0. The fourth-order valence-corrected chi connectivity index (χ4v) is 1.02. The van der Waals surface area contributed by atoms with Gasteiger partial charge in [-0.3, -0.25) is 15.1 Å². The topological polar surface area (TPSA) is 106 Å². The van der Waals surface area contributed by atoms with Crippen molar-refractivity contribution in [3.8, 4) is 0 Å². The molecule has 0 atom stereocenters. The third-order valence-electron chi connectivity index (χ3n) is 1.84. The first kappa shape index (κ1) is 12.9. The molecule has 0 saturated carbocycles. The summed E-state index contributed by atoms with van der Waals surface area (Å²) in [6.07, 6.45) is 1.16. The second-order valence-electron chi connectivity index (χ2n) is 3.90. The van der Waals surface area contributed by atoms with Crippen LogP contribution in [0.25, 0.3) is 0 Å². The first-order valence-electron chi connectivity index (χ1n) is 5.16. The molecule has 0 spiro atoms. The lowest BCUT2D eigenvalue weighted by Gasteiger charge is -2.05. The van der Waals surface area contributed by atoms with Crippen molar-refractivity contribution in [2.24, 2.45) is 16.6 Å². The summed E-state index contributed by atoms with van der Waals surface area (Å²) in [4.78, 5) is 17.8. The number of nitro groups is 1. The lowest BCUT2D eigenvalue weighted by atomic mass is 10.2. The Morgan fingerprint density at radius 2 is 2.35 bits per heavy atom. The van der Waals surface area contributed by atoms with Gasteiger partial charge in [-0.15, -0.1) is 0 Å². The molecule has 3 N–H and O–H groups in total.